The van der Waals surface area contributed by atoms with Gasteiger partial charge in [0.05, 0.1) is 11.3 Å². The summed E-state index contributed by atoms with van der Waals surface area (Å²) < 4.78 is 0.948. The molecule has 0 bridgehead atoms. The fourth-order valence-electron chi connectivity index (χ4n) is 2.33. The molecule has 0 amide bonds. The van der Waals surface area contributed by atoms with Gasteiger partial charge in [-0.1, -0.05) is 15.9 Å². The minimum Gasteiger partial charge on any atom is -0.478 e. The third-order valence-electron chi connectivity index (χ3n) is 3.64. The van der Waals surface area contributed by atoms with Crippen LogP contribution in [0.2, 0.25) is 0 Å². The Bertz CT molecular complexity index is 481. The Morgan fingerprint density at radius 3 is 2.61 bits per heavy atom. The van der Waals surface area contributed by atoms with E-state index < -0.39 is 5.97 Å². The zero-order chi connectivity index (χ0) is 12.7. The van der Waals surface area contributed by atoms with E-state index in [2.05, 4.69) is 20.8 Å². The van der Waals surface area contributed by atoms with Crippen LogP contribution in [-0.2, 0) is 0 Å². The van der Waals surface area contributed by atoms with Crippen LogP contribution >= 0.6 is 15.9 Å². The highest BCUT2D eigenvalue weighted by atomic mass is 79.9. The number of aromatic carboxylic acids is 1. The summed E-state index contributed by atoms with van der Waals surface area (Å²) in [6.07, 6.45) is 4.97. The molecule has 2 fully saturated rings. The molecule has 2 saturated carbocycles. The van der Waals surface area contributed by atoms with Crippen LogP contribution in [-0.4, -0.2) is 23.7 Å². The number of halogens is 1. The fourth-order valence-corrected chi connectivity index (χ4v) is 2.68. The molecule has 96 valence electrons. The van der Waals surface area contributed by atoms with E-state index in [0.29, 0.717) is 11.6 Å². The van der Waals surface area contributed by atoms with Gasteiger partial charge in [0, 0.05) is 17.1 Å². The zero-order valence-electron chi connectivity index (χ0n) is 10.1. The molecule has 0 aromatic heterocycles. The summed E-state index contributed by atoms with van der Waals surface area (Å²) in [6, 6.07) is 6.00. The van der Waals surface area contributed by atoms with Gasteiger partial charge in [0.1, 0.15) is 0 Å². The van der Waals surface area contributed by atoms with Crippen LogP contribution in [0.25, 0.3) is 0 Å². The van der Waals surface area contributed by atoms with Crippen molar-refractivity contribution < 1.29 is 9.90 Å². The summed E-state index contributed by atoms with van der Waals surface area (Å²) >= 11 is 3.45. The Balaban J connectivity index is 1.95. The van der Waals surface area contributed by atoms with Crippen molar-refractivity contribution >= 4 is 27.6 Å². The number of hydrogen-bond donors (Lipinski definition) is 1. The van der Waals surface area contributed by atoms with Crippen molar-refractivity contribution in [3.8, 4) is 0 Å². The quantitative estimate of drug-likeness (QED) is 0.904. The molecule has 2 aliphatic rings. The van der Waals surface area contributed by atoms with Crippen molar-refractivity contribution in [1.82, 2.24) is 0 Å². The van der Waals surface area contributed by atoms with Gasteiger partial charge in [0.15, 0.2) is 0 Å². The number of carboxylic acid groups (broad SMARTS) is 1. The second-order valence-electron chi connectivity index (χ2n) is 5.29. The Hall–Kier alpha value is -1.03. The van der Waals surface area contributed by atoms with E-state index in [9.17, 15) is 9.90 Å². The maximum Gasteiger partial charge on any atom is 0.337 e. The summed E-state index contributed by atoms with van der Waals surface area (Å²) in [7, 11) is 0. The minimum absolute atomic E-state index is 0.422. The normalized spacial score (nSPS) is 18.7. The lowest BCUT2D eigenvalue weighted by atomic mass is 10.1. The second-order valence-corrected chi connectivity index (χ2v) is 6.21. The van der Waals surface area contributed by atoms with E-state index in [-0.39, 0.29) is 0 Å². The highest BCUT2D eigenvalue weighted by Gasteiger charge is 2.35. The molecule has 0 spiro atoms. The smallest absolute Gasteiger partial charge is 0.337 e. The van der Waals surface area contributed by atoms with Crippen LogP contribution in [0.4, 0.5) is 5.69 Å². The summed E-state index contributed by atoms with van der Waals surface area (Å²) in [6.45, 7) is 1.02. The maximum absolute atomic E-state index is 11.3. The predicted octanol–water partition coefficient (Wildman–Crippen LogP) is 3.53. The van der Waals surface area contributed by atoms with Gasteiger partial charge in [-0.25, -0.2) is 4.79 Å². The van der Waals surface area contributed by atoms with Crippen LogP contribution in [0.15, 0.2) is 22.7 Å². The number of anilines is 1. The fraction of sp³-hybridized carbons (Fsp3) is 0.500. The average molecular weight is 310 g/mol. The molecule has 0 radical (unpaired) electrons. The maximum atomic E-state index is 11.3. The molecular formula is C14H16BrNO2. The van der Waals surface area contributed by atoms with Crippen LogP contribution in [0.1, 0.15) is 36.0 Å². The van der Waals surface area contributed by atoms with E-state index in [4.69, 9.17) is 0 Å². The Morgan fingerprint density at radius 1 is 1.33 bits per heavy atom. The molecule has 0 heterocycles. The second kappa shape index (κ2) is 4.57. The molecule has 1 aromatic rings. The molecule has 3 rings (SSSR count). The Kier molecular flexibility index (Phi) is 3.06. The van der Waals surface area contributed by atoms with Crippen LogP contribution in [0, 0.1) is 5.92 Å². The Labute approximate surface area is 115 Å². The molecule has 4 heteroatoms. The number of hydrogen-bond acceptors (Lipinski definition) is 2. The van der Waals surface area contributed by atoms with Gasteiger partial charge >= 0.3 is 5.97 Å². The largest absolute Gasteiger partial charge is 0.478 e. The molecule has 1 aromatic carbocycles. The highest BCUT2D eigenvalue weighted by Crippen LogP contribution is 2.39. The first-order valence-corrected chi connectivity index (χ1v) is 7.24. The molecule has 18 heavy (non-hydrogen) atoms. The SMILES string of the molecule is O=C(O)c1ccc(Br)cc1N(CC1CC1)C1CC1. The van der Waals surface area contributed by atoms with E-state index in [1.54, 1.807) is 12.1 Å². The molecule has 0 aliphatic heterocycles. The summed E-state index contributed by atoms with van der Waals surface area (Å²) in [4.78, 5) is 13.7. The van der Waals surface area contributed by atoms with Gasteiger partial charge in [0.25, 0.3) is 0 Å². The topological polar surface area (TPSA) is 40.5 Å². The summed E-state index contributed by atoms with van der Waals surface area (Å²) in [5, 5.41) is 9.32. The first-order chi connectivity index (χ1) is 8.65. The third-order valence-corrected chi connectivity index (χ3v) is 4.13. The van der Waals surface area contributed by atoms with Gasteiger partial charge in [-0.3, -0.25) is 0 Å². The molecular weight excluding hydrogens is 294 g/mol. The number of carboxylic acids is 1. The lowest BCUT2D eigenvalue weighted by Gasteiger charge is -2.26. The van der Waals surface area contributed by atoms with Crippen LogP contribution in [0.5, 0.6) is 0 Å². The highest BCUT2D eigenvalue weighted by molar-refractivity contribution is 9.10. The van der Waals surface area contributed by atoms with Crippen molar-refractivity contribution in [1.29, 1.82) is 0 Å². The average Bonchev–Trinajstić information content (AvgIpc) is 3.18. The van der Waals surface area contributed by atoms with Crippen LogP contribution in [0.3, 0.4) is 0 Å². The van der Waals surface area contributed by atoms with Crippen molar-refractivity contribution in [2.75, 3.05) is 11.4 Å². The first-order valence-electron chi connectivity index (χ1n) is 6.44. The van der Waals surface area contributed by atoms with Crippen molar-refractivity contribution in [3.63, 3.8) is 0 Å². The van der Waals surface area contributed by atoms with Gasteiger partial charge in [-0.05, 0) is 49.8 Å². The lowest BCUT2D eigenvalue weighted by Crippen LogP contribution is -2.29. The van der Waals surface area contributed by atoms with Gasteiger partial charge in [-0.2, -0.15) is 0 Å². The van der Waals surface area contributed by atoms with Crippen molar-refractivity contribution in [2.45, 2.75) is 31.7 Å². The van der Waals surface area contributed by atoms with Crippen molar-refractivity contribution in [2.24, 2.45) is 5.92 Å². The lowest BCUT2D eigenvalue weighted by molar-refractivity contribution is 0.0697. The van der Waals surface area contributed by atoms with E-state index in [0.717, 1.165) is 22.6 Å². The van der Waals surface area contributed by atoms with E-state index in [1.165, 1.54) is 25.7 Å². The minimum atomic E-state index is -0.834. The third kappa shape index (κ3) is 2.53. The molecule has 0 atom stereocenters. The summed E-state index contributed by atoms with van der Waals surface area (Å²) in [5.41, 5.74) is 1.30. The van der Waals surface area contributed by atoms with Crippen molar-refractivity contribution in [3.05, 3.63) is 28.2 Å². The standard InChI is InChI=1S/C14H16BrNO2/c15-10-3-6-12(14(17)18)13(7-10)16(11-4-5-11)8-9-1-2-9/h3,6-7,9,11H,1-2,4-5,8H2,(H,17,18). The van der Waals surface area contributed by atoms with Gasteiger partial charge < -0.3 is 10.0 Å². The van der Waals surface area contributed by atoms with E-state index >= 15 is 0 Å². The predicted molar refractivity (Wildman–Crippen MR) is 74.2 cm³/mol. The van der Waals surface area contributed by atoms with Gasteiger partial charge in [-0.15, -0.1) is 0 Å². The van der Waals surface area contributed by atoms with Gasteiger partial charge in [0.2, 0.25) is 0 Å². The molecule has 1 N–H and O–H groups in total. The first kappa shape index (κ1) is 12.0. The molecule has 2 aliphatic carbocycles. The molecule has 3 nitrogen and oxygen atoms in total. The summed E-state index contributed by atoms with van der Waals surface area (Å²) in [5.74, 6) is -0.0647. The number of benzene rings is 1. The molecule has 0 unspecified atom stereocenters. The van der Waals surface area contributed by atoms with Crippen LogP contribution < -0.4 is 4.90 Å². The Morgan fingerprint density at radius 2 is 2.06 bits per heavy atom. The zero-order valence-corrected chi connectivity index (χ0v) is 11.7. The molecule has 0 saturated heterocycles. The number of rotatable bonds is 5. The number of nitrogens with zero attached hydrogens (tertiary/aromatic N) is 1. The van der Waals surface area contributed by atoms with E-state index in [1.807, 2.05) is 6.07 Å². The number of carbonyl (C=O) groups is 1. The monoisotopic (exact) mass is 309 g/mol.